The van der Waals surface area contributed by atoms with Crippen LogP contribution in [0.1, 0.15) is 64.9 Å². The third-order valence-corrected chi connectivity index (χ3v) is 5.57. The average Bonchev–Trinajstić information content (AvgIpc) is 2.61. The van der Waals surface area contributed by atoms with Crippen LogP contribution >= 0.6 is 0 Å². The highest BCUT2D eigenvalue weighted by atomic mass is 16.6. The molecule has 0 aliphatic carbocycles. The fraction of sp³-hybridized carbons (Fsp3) is 0.667. The van der Waals surface area contributed by atoms with Crippen molar-refractivity contribution < 1.29 is 9.53 Å². The maximum atomic E-state index is 12.2. The number of hydrogen-bond donors (Lipinski definition) is 0. The van der Waals surface area contributed by atoms with E-state index in [1.807, 2.05) is 35.2 Å². The van der Waals surface area contributed by atoms with Crippen LogP contribution in [0.5, 0.6) is 0 Å². The van der Waals surface area contributed by atoms with Crippen molar-refractivity contribution in [2.75, 3.05) is 13.1 Å². The summed E-state index contributed by atoms with van der Waals surface area (Å²) in [5.74, 6) is 0.750. The van der Waals surface area contributed by atoms with Gasteiger partial charge in [0.15, 0.2) is 0 Å². The predicted molar refractivity (Wildman–Crippen MR) is 98.8 cm³/mol. The van der Waals surface area contributed by atoms with Crippen molar-refractivity contribution in [1.29, 1.82) is 0 Å². The Balaban J connectivity index is 1.74. The molecule has 0 N–H and O–H groups in total. The first kappa shape index (κ1) is 18.8. The minimum atomic E-state index is -0.163. The number of amides is 1. The Morgan fingerprint density at radius 3 is 2.46 bits per heavy atom. The Labute approximate surface area is 147 Å². The molecule has 1 atom stereocenters. The van der Waals surface area contributed by atoms with Gasteiger partial charge in [-0.25, -0.2) is 4.79 Å². The molecule has 1 aliphatic rings. The second kappa shape index (κ2) is 9.10. The summed E-state index contributed by atoms with van der Waals surface area (Å²) in [5.41, 5.74) is 1.51. The van der Waals surface area contributed by atoms with E-state index in [9.17, 15) is 4.79 Å². The molecule has 1 unspecified atom stereocenters. The van der Waals surface area contributed by atoms with Crippen LogP contribution in [0.25, 0.3) is 0 Å². The van der Waals surface area contributed by atoms with Gasteiger partial charge in [0.1, 0.15) is 6.61 Å². The summed E-state index contributed by atoms with van der Waals surface area (Å²) in [5, 5.41) is 0. The molecule has 1 amide bonds. The normalized spacial score (nSPS) is 18.2. The first-order valence-electron chi connectivity index (χ1n) is 9.52. The molecule has 0 saturated carbocycles. The first-order chi connectivity index (χ1) is 11.6. The number of carbonyl (C=O) groups excluding carboxylic acids is 1. The van der Waals surface area contributed by atoms with Gasteiger partial charge < -0.3 is 9.64 Å². The van der Waals surface area contributed by atoms with Crippen LogP contribution in [-0.2, 0) is 11.3 Å². The van der Waals surface area contributed by atoms with Crippen LogP contribution in [0.4, 0.5) is 4.79 Å². The zero-order chi connectivity index (χ0) is 17.4. The second-order valence-electron chi connectivity index (χ2n) is 7.59. The zero-order valence-electron chi connectivity index (χ0n) is 15.6. The van der Waals surface area contributed by atoms with Crippen LogP contribution in [0.2, 0.25) is 0 Å². The van der Waals surface area contributed by atoms with Gasteiger partial charge in [-0.2, -0.15) is 0 Å². The highest BCUT2D eigenvalue weighted by molar-refractivity contribution is 5.67. The molecule has 1 heterocycles. The molecule has 3 nitrogen and oxygen atoms in total. The van der Waals surface area contributed by atoms with Gasteiger partial charge in [0.2, 0.25) is 0 Å². The largest absolute Gasteiger partial charge is 0.445 e. The summed E-state index contributed by atoms with van der Waals surface area (Å²) in [6, 6.07) is 9.88. The maximum absolute atomic E-state index is 12.2. The van der Waals surface area contributed by atoms with Crippen LogP contribution in [0.3, 0.4) is 0 Å². The summed E-state index contributed by atoms with van der Waals surface area (Å²) >= 11 is 0. The van der Waals surface area contributed by atoms with Crippen LogP contribution in [-0.4, -0.2) is 24.1 Å². The van der Waals surface area contributed by atoms with E-state index >= 15 is 0 Å². The molecule has 0 radical (unpaired) electrons. The first-order valence-corrected chi connectivity index (χ1v) is 9.52. The van der Waals surface area contributed by atoms with Crippen molar-refractivity contribution in [3.05, 3.63) is 35.9 Å². The van der Waals surface area contributed by atoms with Crippen LogP contribution < -0.4 is 0 Å². The number of nitrogens with zero attached hydrogens (tertiary/aromatic N) is 1. The Bertz CT molecular complexity index is 494. The lowest BCUT2D eigenvalue weighted by molar-refractivity contribution is 0.0747. The Kier molecular flexibility index (Phi) is 7.14. The third-order valence-electron chi connectivity index (χ3n) is 5.57. The van der Waals surface area contributed by atoms with E-state index in [1.165, 1.54) is 25.7 Å². The number of hydrogen-bond acceptors (Lipinski definition) is 2. The Morgan fingerprint density at radius 2 is 1.88 bits per heavy atom. The zero-order valence-corrected chi connectivity index (χ0v) is 15.6. The summed E-state index contributed by atoms with van der Waals surface area (Å²) < 4.78 is 5.45. The number of benzene rings is 1. The van der Waals surface area contributed by atoms with Crippen molar-refractivity contribution in [2.45, 2.75) is 65.9 Å². The minimum absolute atomic E-state index is 0.163. The van der Waals surface area contributed by atoms with E-state index in [2.05, 4.69) is 20.8 Å². The van der Waals surface area contributed by atoms with E-state index in [4.69, 9.17) is 4.74 Å². The highest BCUT2D eigenvalue weighted by Crippen LogP contribution is 2.38. The van der Waals surface area contributed by atoms with Crippen LogP contribution in [0.15, 0.2) is 30.3 Å². The summed E-state index contributed by atoms with van der Waals surface area (Å²) in [6.45, 7) is 9.06. The highest BCUT2D eigenvalue weighted by Gasteiger charge is 2.29. The fourth-order valence-electron chi connectivity index (χ4n) is 3.85. The van der Waals surface area contributed by atoms with Gasteiger partial charge in [0.25, 0.3) is 0 Å². The van der Waals surface area contributed by atoms with Gasteiger partial charge in [-0.3, -0.25) is 0 Å². The molecule has 24 heavy (non-hydrogen) atoms. The standard InChI is InChI=1S/C21H33NO2/c1-4-13-21(3,5-2)16-18-11-14-22(15-12-18)20(23)24-17-19-9-7-6-8-10-19/h6-10,18H,4-5,11-17H2,1-3H3. The smallest absolute Gasteiger partial charge is 0.410 e. The number of ether oxygens (including phenoxy) is 1. The van der Waals surface area contributed by atoms with Crippen molar-refractivity contribution in [1.82, 2.24) is 4.90 Å². The van der Waals surface area contributed by atoms with Crippen LogP contribution in [0, 0.1) is 11.3 Å². The molecule has 1 fully saturated rings. The fourth-order valence-corrected chi connectivity index (χ4v) is 3.85. The third kappa shape index (κ3) is 5.54. The van der Waals surface area contributed by atoms with E-state index in [0.29, 0.717) is 12.0 Å². The molecule has 2 rings (SSSR count). The topological polar surface area (TPSA) is 29.5 Å². The summed E-state index contributed by atoms with van der Waals surface area (Å²) in [7, 11) is 0. The molecule has 0 aromatic heterocycles. The molecular weight excluding hydrogens is 298 g/mol. The molecule has 0 spiro atoms. The molecule has 1 aromatic carbocycles. The van der Waals surface area contributed by atoms with E-state index < -0.39 is 0 Å². The SMILES string of the molecule is CCCC(C)(CC)CC1CCN(C(=O)OCc2ccccc2)CC1. The van der Waals surface area contributed by atoms with Gasteiger partial charge in [-0.1, -0.05) is 63.9 Å². The molecule has 0 bridgehead atoms. The summed E-state index contributed by atoms with van der Waals surface area (Å²) in [4.78, 5) is 14.1. The number of carbonyl (C=O) groups is 1. The van der Waals surface area contributed by atoms with E-state index in [0.717, 1.165) is 37.4 Å². The van der Waals surface area contributed by atoms with Crippen molar-refractivity contribution in [2.24, 2.45) is 11.3 Å². The Morgan fingerprint density at radius 1 is 1.21 bits per heavy atom. The molecular formula is C21H33NO2. The van der Waals surface area contributed by atoms with Crippen molar-refractivity contribution in [3.63, 3.8) is 0 Å². The molecule has 1 saturated heterocycles. The number of likely N-dealkylation sites (tertiary alicyclic amines) is 1. The quantitative estimate of drug-likeness (QED) is 0.647. The molecule has 3 heteroatoms. The lowest BCUT2D eigenvalue weighted by Crippen LogP contribution is -2.39. The van der Waals surface area contributed by atoms with Gasteiger partial charge in [-0.15, -0.1) is 0 Å². The monoisotopic (exact) mass is 331 g/mol. The van der Waals surface area contributed by atoms with Gasteiger partial charge >= 0.3 is 6.09 Å². The molecule has 1 aromatic rings. The molecule has 1 aliphatic heterocycles. The Hall–Kier alpha value is -1.51. The van der Waals surface area contributed by atoms with E-state index in [1.54, 1.807) is 0 Å². The lowest BCUT2D eigenvalue weighted by Gasteiger charge is -2.37. The number of piperidine rings is 1. The van der Waals surface area contributed by atoms with Gasteiger partial charge in [0, 0.05) is 13.1 Å². The maximum Gasteiger partial charge on any atom is 0.410 e. The lowest BCUT2D eigenvalue weighted by atomic mass is 9.73. The van der Waals surface area contributed by atoms with Gasteiger partial charge in [0.05, 0.1) is 0 Å². The minimum Gasteiger partial charge on any atom is -0.445 e. The predicted octanol–water partition coefficient (Wildman–Crippen LogP) is 5.64. The van der Waals surface area contributed by atoms with Gasteiger partial charge in [-0.05, 0) is 42.6 Å². The number of rotatable bonds is 7. The second-order valence-corrected chi connectivity index (χ2v) is 7.59. The molecule has 134 valence electrons. The van der Waals surface area contributed by atoms with E-state index in [-0.39, 0.29) is 6.09 Å². The van der Waals surface area contributed by atoms with Crippen molar-refractivity contribution >= 4 is 6.09 Å². The summed E-state index contributed by atoms with van der Waals surface area (Å²) in [6.07, 6.45) is 7.17. The average molecular weight is 332 g/mol. The van der Waals surface area contributed by atoms with Crippen molar-refractivity contribution in [3.8, 4) is 0 Å².